The molecule has 4 aliphatic carbocycles. The molecule has 4 saturated carbocycles. The number of fused-ring (bicyclic) bond motifs is 5. The van der Waals surface area contributed by atoms with Gasteiger partial charge in [-0.1, -0.05) is 74.9 Å². The Morgan fingerprint density at radius 1 is 1.02 bits per heavy atom. The molecular weight excluding hydrogens is 630 g/mol. The zero-order chi connectivity index (χ0) is 36.0. The van der Waals surface area contributed by atoms with E-state index >= 15 is 0 Å². The van der Waals surface area contributed by atoms with E-state index in [2.05, 4.69) is 44.1 Å². The van der Waals surface area contributed by atoms with Crippen molar-refractivity contribution in [3.63, 3.8) is 0 Å². The summed E-state index contributed by atoms with van der Waals surface area (Å²) < 4.78 is 13.9. The SMILES string of the molecule is CC(=O)O[C@H]1C[C@@]2(C)[C@@H](C[C@@H](O)[C@H]3[C@@]4(C)CC[C@@H](O)[C@@H](C)[C@@H]4CC[C@@]32C)/C1=C(\CCC=C(C)C)C(=O)OCc1cn(Cc2ccccc2)nn1. The second-order valence-corrected chi connectivity index (χ2v) is 16.8. The number of allylic oxidation sites excluding steroid dienone is 2. The zero-order valence-electron chi connectivity index (χ0n) is 31.0. The number of ether oxygens (including phenoxy) is 2. The van der Waals surface area contributed by atoms with E-state index in [1.807, 2.05) is 44.2 Å². The first kappa shape index (κ1) is 36.5. The van der Waals surface area contributed by atoms with Crippen molar-refractivity contribution in [3.05, 3.63) is 70.6 Å². The Morgan fingerprint density at radius 3 is 2.46 bits per heavy atom. The van der Waals surface area contributed by atoms with E-state index in [1.165, 1.54) is 6.92 Å². The van der Waals surface area contributed by atoms with Crippen LogP contribution in [0.1, 0.15) is 111 Å². The summed E-state index contributed by atoms with van der Waals surface area (Å²) >= 11 is 0. The number of esters is 2. The molecule has 0 unspecified atom stereocenters. The Balaban J connectivity index is 1.34. The van der Waals surface area contributed by atoms with Gasteiger partial charge in [0, 0.05) is 12.5 Å². The maximum Gasteiger partial charge on any atom is 0.334 e. The van der Waals surface area contributed by atoms with Gasteiger partial charge in [0.25, 0.3) is 0 Å². The second-order valence-electron chi connectivity index (χ2n) is 16.8. The van der Waals surface area contributed by atoms with Crippen molar-refractivity contribution < 1.29 is 29.3 Å². The number of aliphatic hydroxyl groups is 2. The summed E-state index contributed by atoms with van der Waals surface area (Å²) in [4.78, 5) is 26.9. The first-order valence-electron chi connectivity index (χ1n) is 18.7. The van der Waals surface area contributed by atoms with Crippen LogP contribution >= 0.6 is 0 Å². The van der Waals surface area contributed by atoms with Crippen molar-refractivity contribution in [2.24, 2.45) is 39.9 Å². The third-order valence-electron chi connectivity index (χ3n) is 13.7. The molecule has 9 heteroatoms. The number of nitrogens with zero attached hydrogens (tertiary/aromatic N) is 3. The topological polar surface area (TPSA) is 124 Å². The van der Waals surface area contributed by atoms with E-state index in [9.17, 15) is 19.8 Å². The molecule has 0 amide bonds. The van der Waals surface area contributed by atoms with Gasteiger partial charge in [0.15, 0.2) is 0 Å². The highest BCUT2D eigenvalue weighted by molar-refractivity contribution is 5.90. The highest BCUT2D eigenvalue weighted by Gasteiger charge is 2.70. The number of carbonyl (C=O) groups excluding carboxylic acids is 2. The summed E-state index contributed by atoms with van der Waals surface area (Å²) in [6, 6.07) is 9.99. The van der Waals surface area contributed by atoms with Crippen molar-refractivity contribution in [3.8, 4) is 0 Å². The Hall–Kier alpha value is -3.30. The lowest BCUT2D eigenvalue weighted by Gasteiger charge is -2.69. The molecule has 0 aliphatic heterocycles. The molecule has 9 nitrogen and oxygen atoms in total. The molecule has 4 fully saturated rings. The number of carbonyl (C=O) groups is 2. The fraction of sp³-hybridized carbons (Fsp3) is 0.659. The van der Waals surface area contributed by atoms with Crippen LogP contribution < -0.4 is 0 Å². The number of benzene rings is 1. The van der Waals surface area contributed by atoms with Crippen LogP contribution in [0.25, 0.3) is 0 Å². The van der Waals surface area contributed by atoms with Crippen LogP contribution in [0.2, 0.25) is 0 Å². The number of hydrogen-bond acceptors (Lipinski definition) is 8. The average Bonchev–Trinajstić information content (AvgIpc) is 3.61. The Bertz CT molecular complexity index is 1630. The smallest absolute Gasteiger partial charge is 0.334 e. The lowest BCUT2D eigenvalue weighted by molar-refractivity contribution is -0.234. The summed E-state index contributed by atoms with van der Waals surface area (Å²) in [7, 11) is 0. The van der Waals surface area contributed by atoms with Gasteiger partial charge >= 0.3 is 11.9 Å². The Labute approximate surface area is 297 Å². The minimum atomic E-state index is -0.589. The minimum absolute atomic E-state index is 0.0284. The summed E-state index contributed by atoms with van der Waals surface area (Å²) in [5.41, 5.74) is 3.45. The summed E-state index contributed by atoms with van der Waals surface area (Å²) in [6.45, 7) is 15.2. The summed E-state index contributed by atoms with van der Waals surface area (Å²) in [6.07, 6.45) is 8.13. The highest BCUT2D eigenvalue weighted by Crippen LogP contribution is 2.74. The third kappa shape index (κ3) is 6.49. The molecule has 0 bridgehead atoms. The third-order valence-corrected chi connectivity index (χ3v) is 13.7. The second kappa shape index (κ2) is 14.0. The monoisotopic (exact) mass is 687 g/mol. The van der Waals surface area contributed by atoms with Gasteiger partial charge in [-0.15, -0.1) is 5.10 Å². The van der Waals surface area contributed by atoms with Crippen LogP contribution in [0.5, 0.6) is 0 Å². The van der Waals surface area contributed by atoms with Crippen molar-refractivity contribution >= 4 is 11.9 Å². The summed E-state index contributed by atoms with van der Waals surface area (Å²) in [5, 5.41) is 31.6. The van der Waals surface area contributed by atoms with Gasteiger partial charge in [-0.25, -0.2) is 9.48 Å². The van der Waals surface area contributed by atoms with Crippen molar-refractivity contribution in [2.45, 2.75) is 131 Å². The molecule has 0 radical (unpaired) electrons. The van der Waals surface area contributed by atoms with Gasteiger partial charge < -0.3 is 19.7 Å². The van der Waals surface area contributed by atoms with E-state index in [0.29, 0.717) is 49.4 Å². The molecule has 4 aliphatic rings. The van der Waals surface area contributed by atoms with Gasteiger partial charge in [-0.2, -0.15) is 0 Å². The predicted molar refractivity (Wildman–Crippen MR) is 190 cm³/mol. The number of rotatable bonds is 9. The van der Waals surface area contributed by atoms with Crippen LogP contribution in [-0.4, -0.2) is 55.5 Å². The number of aliphatic hydroxyl groups excluding tert-OH is 2. The summed E-state index contributed by atoms with van der Waals surface area (Å²) in [5.74, 6) is -0.429. The van der Waals surface area contributed by atoms with Gasteiger partial charge in [0.05, 0.1) is 24.9 Å². The van der Waals surface area contributed by atoms with Crippen LogP contribution in [0.15, 0.2) is 59.3 Å². The first-order valence-corrected chi connectivity index (χ1v) is 18.7. The van der Waals surface area contributed by atoms with E-state index < -0.39 is 18.2 Å². The number of hydrogen-bond donors (Lipinski definition) is 2. The molecule has 10 atom stereocenters. The van der Waals surface area contributed by atoms with E-state index in [-0.39, 0.29) is 52.7 Å². The molecule has 0 saturated heterocycles. The van der Waals surface area contributed by atoms with Gasteiger partial charge in [0.1, 0.15) is 18.4 Å². The molecular formula is C41H57N3O6. The molecule has 1 aromatic heterocycles. The highest BCUT2D eigenvalue weighted by atomic mass is 16.5. The predicted octanol–water partition coefficient (Wildman–Crippen LogP) is 6.96. The lowest BCUT2D eigenvalue weighted by atomic mass is 9.36. The van der Waals surface area contributed by atoms with Crippen molar-refractivity contribution in [2.75, 3.05) is 0 Å². The average molecular weight is 688 g/mol. The van der Waals surface area contributed by atoms with Crippen LogP contribution in [0, 0.1) is 39.9 Å². The van der Waals surface area contributed by atoms with Gasteiger partial charge in [-0.05, 0) is 116 Å². The van der Waals surface area contributed by atoms with Crippen LogP contribution in [0.3, 0.4) is 0 Å². The van der Waals surface area contributed by atoms with Gasteiger partial charge in [0.2, 0.25) is 0 Å². The fourth-order valence-corrected chi connectivity index (χ4v) is 11.3. The van der Waals surface area contributed by atoms with E-state index in [1.54, 1.807) is 10.9 Å². The van der Waals surface area contributed by atoms with E-state index in [0.717, 1.165) is 42.4 Å². The molecule has 50 heavy (non-hydrogen) atoms. The van der Waals surface area contributed by atoms with Crippen molar-refractivity contribution in [1.82, 2.24) is 15.0 Å². The van der Waals surface area contributed by atoms with Gasteiger partial charge in [-0.3, -0.25) is 4.79 Å². The Morgan fingerprint density at radius 2 is 1.76 bits per heavy atom. The molecule has 2 N–H and O–H groups in total. The maximum absolute atomic E-state index is 14.3. The molecule has 1 aromatic carbocycles. The van der Waals surface area contributed by atoms with Crippen LogP contribution in [0.4, 0.5) is 0 Å². The molecule has 0 spiro atoms. The fourth-order valence-electron chi connectivity index (χ4n) is 11.3. The maximum atomic E-state index is 14.3. The zero-order valence-corrected chi connectivity index (χ0v) is 31.0. The quantitative estimate of drug-likeness (QED) is 0.165. The van der Waals surface area contributed by atoms with E-state index in [4.69, 9.17) is 9.47 Å². The Kier molecular flexibility index (Phi) is 10.2. The molecule has 6 rings (SSSR count). The number of aromatic nitrogens is 3. The normalized spacial score (nSPS) is 37.2. The lowest BCUT2D eigenvalue weighted by Crippen LogP contribution is -2.65. The van der Waals surface area contributed by atoms with Crippen LogP contribution in [-0.2, 0) is 32.2 Å². The molecule has 272 valence electrons. The first-order chi connectivity index (χ1) is 23.7. The van der Waals surface area contributed by atoms with Crippen molar-refractivity contribution in [1.29, 1.82) is 0 Å². The minimum Gasteiger partial charge on any atom is -0.458 e. The largest absolute Gasteiger partial charge is 0.458 e. The molecule has 1 heterocycles. The molecule has 2 aromatic rings. The standard InChI is InChI=1S/C41H57N3O6/c1-25(2)12-11-15-30(38(48)49-24-29-23-44(43-42-29)22-28-13-9-8-10-14-28)36-32-20-34(47)37-39(5)18-17-33(46)26(3)31(39)16-19-40(37,6)41(32,7)21-35(36)50-27(4)45/h8-10,12-14,23,26,31-35,37,46-47H,11,15-22,24H2,1-7H3/b36-30-/t26-,31-,32-,33+,34+,35-,37-,39-,40-,41-/m0/s1.